The fourth-order valence-electron chi connectivity index (χ4n) is 3.35. The minimum Gasteiger partial charge on any atom is -0.345 e. The molecule has 0 unspecified atom stereocenters. The van der Waals surface area contributed by atoms with E-state index in [9.17, 15) is 4.79 Å². The molecule has 2 aromatic carbocycles. The number of fused-ring (bicyclic) bond motifs is 1. The van der Waals surface area contributed by atoms with E-state index in [2.05, 4.69) is 22.3 Å². The third kappa shape index (κ3) is 3.51. The minimum atomic E-state index is -0.0288. The molecule has 0 saturated carbocycles. The molecule has 1 aliphatic heterocycles. The maximum Gasteiger partial charge on any atom is 0.321 e. The highest BCUT2D eigenvalue weighted by molar-refractivity contribution is 7.22. The molecule has 0 spiro atoms. The Morgan fingerprint density at radius 1 is 1.04 bits per heavy atom. The number of thiazole rings is 1. The van der Waals surface area contributed by atoms with Gasteiger partial charge in [-0.2, -0.15) is 0 Å². The molecule has 1 saturated heterocycles. The highest BCUT2D eigenvalue weighted by atomic mass is 32.1. The fourth-order valence-corrected chi connectivity index (χ4v) is 4.36. The lowest BCUT2D eigenvalue weighted by molar-refractivity contribution is 0.208. The maximum atomic E-state index is 12.6. The van der Waals surface area contributed by atoms with Crippen LogP contribution in [0.25, 0.3) is 10.2 Å². The number of nitrogens with zero attached hydrogens (tertiary/aromatic N) is 3. The molecule has 4 rings (SSSR count). The van der Waals surface area contributed by atoms with E-state index >= 15 is 0 Å². The molecule has 0 bridgehead atoms. The summed E-state index contributed by atoms with van der Waals surface area (Å²) in [5, 5.41) is 4.07. The summed E-state index contributed by atoms with van der Waals surface area (Å²) in [5.41, 5.74) is 4.21. The molecule has 2 heterocycles. The van der Waals surface area contributed by atoms with Gasteiger partial charge in [0.2, 0.25) is 0 Å². The van der Waals surface area contributed by atoms with Gasteiger partial charge in [0.1, 0.15) is 0 Å². The number of hydrogen-bond donors (Lipinski definition) is 1. The van der Waals surface area contributed by atoms with Crippen LogP contribution in [-0.4, -0.2) is 42.1 Å². The Labute approximate surface area is 157 Å². The molecule has 6 heteroatoms. The van der Waals surface area contributed by atoms with Crippen LogP contribution >= 0.6 is 11.3 Å². The van der Waals surface area contributed by atoms with Crippen LogP contribution in [0.5, 0.6) is 0 Å². The van der Waals surface area contributed by atoms with Gasteiger partial charge in [0, 0.05) is 31.9 Å². The Hall–Kier alpha value is -2.60. The molecule has 0 atom stereocenters. The van der Waals surface area contributed by atoms with Crippen LogP contribution in [0.15, 0.2) is 42.5 Å². The van der Waals surface area contributed by atoms with Crippen molar-refractivity contribution < 1.29 is 4.79 Å². The van der Waals surface area contributed by atoms with Crippen LogP contribution in [-0.2, 0) is 0 Å². The van der Waals surface area contributed by atoms with Crippen molar-refractivity contribution in [1.29, 1.82) is 0 Å². The van der Waals surface area contributed by atoms with Gasteiger partial charge in [0.05, 0.1) is 10.2 Å². The van der Waals surface area contributed by atoms with Crippen LogP contribution in [0.3, 0.4) is 0 Å². The normalized spacial score (nSPS) is 14.7. The van der Waals surface area contributed by atoms with Gasteiger partial charge in [-0.3, -0.25) is 0 Å². The number of nitrogens with one attached hydrogen (secondary N) is 1. The zero-order valence-electron chi connectivity index (χ0n) is 15.0. The Balaban J connectivity index is 1.39. The SMILES string of the molecule is Cc1cc(C)cc(NC(=O)N2CCN(c3nc4ccccc4s3)CC2)c1. The van der Waals surface area contributed by atoms with Gasteiger partial charge in [-0.05, 0) is 49.2 Å². The summed E-state index contributed by atoms with van der Waals surface area (Å²) >= 11 is 1.71. The highest BCUT2D eigenvalue weighted by Gasteiger charge is 2.23. The van der Waals surface area contributed by atoms with Gasteiger partial charge in [-0.1, -0.05) is 29.5 Å². The zero-order chi connectivity index (χ0) is 18.1. The second-order valence-electron chi connectivity index (χ2n) is 6.74. The first-order valence-electron chi connectivity index (χ1n) is 8.83. The maximum absolute atomic E-state index is 12.6. The number of carbonyl (C=O) groups is 1. The monoisotopic (exact) mass is 366 g/mol. The van der Waals surface area contributed by atoms with Crippen molar-refractivity contribution in [2.24, 2.45) is 0 Å². The van der Waals surface area contributed by atoms with E-state index in [1.54, 1.807) is 11.3 Å². The number of para-hydroxylation sites is 1. The first-order chi connectivity index (χ1) is 12.6. The van der Waals surface area contributed by atoms with Crippen LogP contribution < -0.4 is 10.2 Å². The second-order valence-corrected chi connectivity index (χ2v) is 7.75. The molecule has 1 N–H and O–H groups in total. The number of benzene rings is 2. The van der Waals surface area contributed by atoms with E-state index in [0.717, 1.165) is 40.6 Å². The Kier molecular flexibility index (Phi) is 4.51. The number of piperazine rings is 1. The van der Waals surface area contributed by atoms with Crippen molar-refractivity contribution in [3.8, 4) is 0 Å². The van der Waals surface area contributed by atoms with Crippen molar-refractivity contribution in [2.75, 3.05) is 36.4 Å². The standard InChI is InChI=1S/C20H22N4OS/c1-14-11-15(2)13-16(12-14)21-19(25)23-7-9-24(10-8-23)20-22-17-5-3-4-6-18(17)26-20/h3-6,11-13H,7-10H2,1-2H3,(H,21,25). The smallest absolute Gasteiger partial charge is 0.321 e. The molecule has 0 aliphatic carbocycles. The molecule has 5 nitrogen and oxygen atoms in total. The molecule has 134 valence electrons. The van der Waals surface area contributed by atoms with Gasteiger partial charge < -0.3 is 15.1 Å². The number of aryl methyl sites for hydroxylation is 2. The van der Waals surface area contributed by atoms with Crippen molar-refractivity contribution in [2.45, 2.75) is 13.8 Å². The van der Waals surface area contributed by atoms with Gasteiger partial charge in [0.25, 0.3) is 0 Å². The van der Waals surface area contributed by atoms with E-state index in [-0.39, 0.29) is 6.03 Å². The van der Waals surface area contributed by atoms with Crippen molar-refractivity contribution in [3.63, 3.8) is 0 Å². The summed E-state index contributed by atoms with van der Waals surface area (Å²) in [6, 6.07) is 14.3. The molecular weight excluding hydrogens is 344 g/mol. The van der Waals surface area contributed by atoms with Crippen LogP contribution in [0.1, 0.15) is 11.1 Å². The molecular formula is C20H22N4OS. The van der Waals surface area contributed by atoms with Crippen LogP contribution in [0.2, 0.25) is 0 Å². The fraction of sp³-hybridized carbons (Fsp3) is 0.300. The van der Waals surface area contributed by atoms with E-state index in [0.29, 0.717) is 13.1 Å². The molecule has 1 aliphatic rings. The number of hydrogen-bond acceptors (Lipinski definition) is 4. The number of carbonyl (C=O) groups excluding carboxylic acids is 1. The number of anilines is 2. The van der Waals surface area contributed by atoms with Crippen LogP contribution in [0, 0.1) is 13.8 Å². The number of aromatic nitrogens is 1. The summed E-state index contributed by atoms with van der Waals surface area (Å²) in [6.07, 6.45) is 0. The lowest BCUT2D eigenvalue weighted by Gasteiger charge is -2.34. The van der Waals surface area contributed by atoms with Crippen molar-refractivity contribution in [1.82, 2.24) is 9.88 Å². The molecule has 1 aromatic heterocycles. The molecule has 1 fully saturated rings. The average molecular weight is 366 g/mol. The summed E-state index contributed by atoms with van der Waals surface area (Å²) in [4.78, 5) is 21.4. The predicted octanol–water partition coefficient (Wildman–Crippen LogP) is 4.27. The number of rotatable bonds is 2. The zero-order valence-corrected chi connectivity index (χ0v) is 15.8. The van der Waals surface area contributed by atoms with Gasteiger partial charge in [0.15, 0.2) is 5.13 Å². The molecule has 26 heavy (non-hydrogen) atoms. The first kappa shape index (κ1) is 16.8. The number of amides is 2. The van der Waals surface area contributed by atoms with E-state index in [1.165, 1.54) is 4.70 Å². The van der Waals surface area contributed by atoms with Gasteiger partial charge in [-0.25, -0.2) is 9.78 Å². The van der Waals surface area contributed by atoms with E-state index in [1.807, 2.05) is 49.1 Å². The third-order valence-electron chi connectivity index (χ3n) is 4.59. The second kappa shape index (κ2) is 6.96. The third-order valence-corrected chi connectivity index (χ3v) is 5.69. The summed E-state index contributed by atoms with van der Waals surface area (Å²) in [6.45, 7) is 7.10. The molecule has 0 radical (unpaired) electrons. The molecule has 2 amide bonds. The summed E-state index contributed by atoms with van der Waals surface area (Å²) in [7, 11) is 0. The van der Waals surface area contributed by atoms with Gasteiger partial charge in [-0.15, -0.1) is 0 Å². The van der Waals surface area contributed by atoms with Crippen molar-refractivity contribution in [3.05, 3.63) is 53.6 Å². The van der Waals surface area contributed by atoms with Crippen LogP contribution in [0.4, 0.5) is 15.6 Å². The Morgan fingerprint density at radius 3 is 2.42 bits per heavy atom. The highest BCUT2D eigenvalue weighted by Crippen LogP contribution is 2.29. The summed E-state index contributed by atoms with van der Waals surface area (Å²) < 4.78 is 1.21. The minimum absolute atomic E-state index is 0.0288. The first-order valence-corrected chi connectivity index (χ1v) is 9.65. The number of urea groups is 1. The average Bonchev–Trinajstić information content (AvgIpc) is 3.05. The molecule has 3 aromatic rings. The topological polar surface area (TPSA) is 48.5 Å². The van der Waals surface area contributed by atoms with Gasteiger partial charge >= 0.3 is 6.03 Å². The lowest BCUT2D eigenvalue weighted by Crippen LogP contribution is -2.50. The largest absolute Gasteiger partial charge is 0.345 e. The summed E-state index contributed by atoms with van der Waals surface area (Å²) in [5.74, 6) is 0. The Bertz CT molecular complexity index is 891. The lowest BCUT2D eigenvalue weighted by atomic mass is 10.1. The predicted molar refractivity (Wildman–Crippen MR) is 108 cm³/mol. The Morgan fingerprint density at radius 2 is 1.73 bits per heavy atom. The van der Waals surface area contributed by atoms with E-state index in [4.69, 9.17) is 4.98 Å². The quantitative estimate of drug-likeness (QED) is 0.737. The van der Waals surface area contributed by atoms with Crippen molar-refractivity contribution >= 4 is 38.4 Å². The van der Waals surface area contributed by atoms with E-state index < -0.39 is 0 Å².